The van der Waals surface area contributed by atoms with Gasteiger partial charge in [-0.3, -0.25) is 0 Å². The average Bonchev–Trinajstić information content (AvgIpc) is 2.90. The molecule has 0 aromatic carbocycles. The lowest BCUT2D eigenvalue weighted by Crippen LogP contribution is -2.29. The first-order valence-corrected chi connectivity index (χ1v) is 6.79. The van der Waals surface area contributed by atoms with Gasteiger partial charge in [0.2, 0.25) is 0 Å². The molecule has 2 saturated heterocycles. The van der Waals surface area contributed by atoms with Gasteiger partial charge in [-0.2, -0.15) is 0 Å². The summed E-state index contributed by atoms with van der Waals surface area (Å²) in [5.41, 5.74) is 1.13. The smallest absolute Gasteiger partial charge is 0.0996 e. The number of hydrogen-bond donors (Lipinski definition) is 2. The minimum absolute atomic E-state index is 0.430. The highest BCUT2D eigenvalue weighted by atomic mass is 15.4. The van der Waals surface area contributed by atoms with Crippen LogP contribution in [0.4, 0.5) is 0 Å². The molecular weight excluding hydrogens is 214 g/mol. The summed E-state index contributed by atoms with van der Waals surface area (Å²) in [6, 6.07) is 0.973. The van der Waals surface area contributed by atoms with E-state index in [1.165, 1.54) is 32.1 Å². The first kappa shape index (κ1) is 11.2. The zero-order valence-corrected chi connectivity index (χ0v) is 10.2. The number of rotatable bonds is 2. The third-order valence-electron chi connectivity index (χ3n) is 3.88. The predicted molar refractivity (Wildman–Crippen MR) is 65.8 cm³/mol. The van der Waals surface area contributed by atoms with Gasteiger partial charge in [0, 0.05) is 0 Å². The second-order valence-corrected chi connectivity index (χ2v) is 5.11. The van der Waals surface area contributed by atoms with Crippen molar-refractivity contribution < 1.29 is 0 Å². The van der Waals surface area contributed by atoms with E-state index in [9.17, 15) is 0 Å². The van der Waals surface area contributed by atoms with E-state index in [4.69, 9.17) is 0 Å². The zero-order chi connectivity index (χ0) is 11.5. The standard InChI is InChI=1S/C12H21N5/c1-2-6-14-11(3-1)12-9-17(16-15-12)10-4-7-13-8-5-10/h9-11,13-14H,1-8H2. The van der Waals surface area contributed by atoms with Gasteiger partial charge in [0.15, 0.2) is 0 Å². The van der Waals surface area contributed by atoms with Crippen LogP contribution in [0.2, 0.25) is 0 Å². The lowest BCUT2D eigenvalue weighted by molar-refractivity contribution is 0.337. The van der Waals surface area contributed by atoms with Gasteiger partial charge >= 0.3 is 0 Å². The molecule has 5 nitrogen and oxygen atoms in total. The molecule has 1 unspecified atom stereocenters. The summed E-state index contributed by atoms with van der Waals surface area (Å²) in [7, 11) is 0. The molecule has 2 aliphatic heterocycles. The molecule has 1 aromatic rings. The van der Waals surface area contributed by atoms with Crippen LogP contribution in [0.25, 0.3) is 0 Å². The number of nitrogens with zero attached hydrogens (tertiary/aromatic N) is 3. The molecule has 2 fully saturated rings. The molecule has 0 saturated carbocycles. The number of hydrogen-bond acceptors (Lipinski definition) is 4. The minimum atomic E-state index is 0.430. The highest BCUT2D eigenvalue weighted by molar-refractivity contribution is 5.02. The molecule has 0 radical (unpaired) electrons. The number of aromatic nitrogens is 3. The molecule has 1 atom stereocenters. The Hall–Kier alpha value is -0.940. The Labute approximate surface area is 102 Å². The minimum Gasteiger partial charge on any atom is -0.317 e. The van der Waals surface area contributed by atoms with Crippen LogP contribution in [0.15, 0.2) is 6.20 Å². The molecule has 17 heavy (non-hydrogen) atoms. The first-order valence-electron chi connectivity index (χ1n) is 6.79. The summed E-state index contributed by atoms with van der Waals surface area (Å²) in [5, 5.41) is 15.6. The molecule has 0 amide bonds. The molecule has 0 spiro atoms. The molecule has 0 aliphatic carbocycles. The van der Waals surface area contributed by atoms with E-state index in [1.807, 2.05) is 0 Å². The van der Waals surface area contributed by atoms with Gasteiger partial charge in [-0.1, -0.05) is 11.6 Å². The van der Waals surface area contributed by atoms with Gasteiger partial charge in [0.25, 0.3) is 0 Å². The molecular formula is C12H21N5. The predicted octanol–water partition coefficient (Wildman–Crippen LogP) is 1.02. The van der Waals surface area contributed by atoms with Crippen molar-refractivity contribution >= 4 is 0 Å². The maximum Gasteiger partial charge on any atom is 0.0996 e. The van der Waals surface area contributed by atoms with Crippen molar-refractivity contribution in [2.24, 2.45) is 0 Å². The lowest BCUT2D eigenvalue weighted by atomic mass is 10.0. The summed E-state index contributed by atoms with van der Waals surface area (Å²) in [4.78, 5) is 0. The monoisotopic (exact) mass is 235 g/mol. The van der Waals surface area contributed by atoms with E-state index < -0.39 is 0 Å². The van der Waals surface area contributed by atoms with Crippen LogP contribution in [0, 0.1) is 0 Å². The highest BCUT2D eigenvalue weighted by Crippen LogP contribution is 2.23. The van der Waals surface area contributed by atoms with Crippen molar-refractivity contribution in [2.75, 3.05) is 19.6 Å². The quantitative estimate of drug-likeness (QED) is 0.803. The van der Waals surface area contributed by atoms with E-state index >= 15 is 0 Å². The molecule has 3 heterocycles. The van der Waals surface area contributed by atoms with Crippen LogP contribution in [0.3, 0.4) is 0 Å². The molecule has 5 heteroatoms. The summed E-state index contributed by atoms with van der Waals surface area (Å²) in [6.07, 6.45) is 8.28. The molecule has 1 aromatic heterocycles. The van der Waals surface area contributed by atoms with Gasteiger partial charge in [0.05, 0.1) is 24.0 Å². The van der Waals surface area contributed by atoms with Crippen molar-refractivity contribution in [2.45, 2.75) is 44.2 Å². The fourth-order valence-electron chi connectivity index (χ4n) is 2.80. The summed E-state index contributed by atoms with van der Waals surface area (Å²) in [5.74, 6) is 0. The van der Waals surface area contributed by atoms with Gasteiger partial charge in [0.1, 0.15) is 0 Å². The number of piperidine rings is 2. The maximum atomic E-state index is 4.35. The number of nitrogens with one attached hydrogen (secondary N) is 2. The van der Waals surface area contributed by atoms with Crippen molar-refractivity contribution in [3.8, 4) is 0 Å². The van der Waals surface area contributed by atoms with Crippen molar-refractivity contribution in [1.29, 1.82) is 0 Å². The largest absolute Gasteiger partial charge is 0.317 e. The molecule has 94 valence electrons. The van der Waals surface area contributed by atoms with Gasteiger partial charge in [-0.25, -0.2) is 4.68 Å². The Kier molecular flexibility index (Phi) is 3.38. The summed E-state index contributed by atoms with van der Waals surface area (Å²) >= 11 is 0. The van der Waals surface area contributed by atoms with Crippen LogP contribution >= 0.6 is 0 Å². The third kappa shape index (κ3) is 2.50. The third-order valence-corrected chi connectivity index (χ3v) is 3.88. The molecule has 0 bridgehead atoms. The maximum absolute atomic E-state index is 4.35. The van der Waals surface area contributed by atoms with Crippen LogP contribution in [0.1, 0.15) is 49.9 Å². The molecule has 2 aliphatic rings. The topological polar surface area (TPSA) is 54.8 Å². The Morgan fingerprint density at radius 3 is 2.76 bits per heavy atom. The zero-order valence-electron chi connectivity index (χ0n) is 10.2. The Balaban J connectivity index is 1.68. The van der Waals surface area contributed by atoms with E-state index in [-0.39, 0.29) is 0 Å². The van der Waals surface area contributed by atoms with Gasteiger partial charge in [-0.05, 0) is 45.3 Å². The average molecular weight is 235 g/mol. The van der Waals surface area contributed by atoms with Crippen molar-refractivity contribution in [3.05, 3.63) is 11.9 Å². The Morgan fingerprint density at radius 2 is 2.00 bits per heavy atom. The second kappa shape index (κ2) is 5.14. The Morgan fingerprint density at radius 1 is 1.12 bits per heavy atom. The van der Waals surface area contributed by atoms with Gasteiger partial charge < -0.3 is 10.6 Å². The van der Waals surface area contributed by atoms with Gasteiger partial charge in [-0.15, -0.1) is 5.10 Å². The van der Waals surface area contributed by atoms with E-state index in [0.29, 0.717) is 12.1 Å². The normalized spacial score (nSPS) is 27.2. The highest BCUT2D eigenvalue weighted by Gasteiger charge is 2.21. The SMILES string of the molecule is c1c(C2CCCCN2)nnn1C1CCNCC1. The molecule has 3 rings (SSSR count). The first-order chi connectivity index (χ1) is 8.43. The van der Waals surface area contributed by atoms with Crippen LogP contribution in [-0.2, 0) is 0 Å². The fourth-order valence-corrected chi connectivity index (χ4v) is 2.80. The molecule has 2 N–H and O–H groups in total. The second-order valence-electron chi connectivity index (χ2n) is 5.11. The van der Waals surface area contributed by atoms with E-state index in [2.05, 4.69) is 31.8 Å². The Bertz CT molecular complexity index is 317. The van der Waals surface area contributed by atoms with Crippen molar-refractivity contribution in [1.82, 2.24) is 25.6 Å². The fraction of sp³-hybridized carbons (Fsp3) is 0.833. The van der Waals surface area contributed by atoms with Crippen LogP contribution in [-0.4, -0.2) is 34.6 Å². The van der Waals surface area contributed by atoms with Crippen molar-refractivity contribution in [3.63, 3.8) is 0 Å². The van der Waals surface area contributed by atoms with E-state index in [0.717, 1.165) is 25.3 Å². The van der Waals surface area contributed by atoms with Crippen LogP contribution in [0.5, 0.6) is 0 Å². The summed E-state index contributed by atoms with van der Waals surface area (Å²) < 4.78 is 2.08. The summed E-state index contributed by atoms with van der Waals surface area (Å²) in [6.45, 7) is 3.31. The van der Waals surface area contributed by atoms with E-state index in [1.54, 1.807) is 0 Å². The lowest BCUT2D eigenvalue weighted by Gasteiger charge is -2.23. The van der Waals surface area contributed by atoms with Crippen LogP contribution < -0.4 is 10.6 Å².